The van der Waals surface area contributed by atoms with Crippen LogP contribution < -0.4 is 4.74 Å². The van der Waals surface area contributed by atoms with Gasteiger partial charge in [0, 0.05) is 0 Å². The number of aryl methyl sites for hydroxylation is 2. The summed E-state index contributed by atoms with van der Waals surface area (Å²) in [6.07, 6.45) is 1.70. The fraction of sp³-hybridized carbons (Fsp3) is 0.417. The highest BCUT2D eigenvalue weighted by Crippen LogP contribution is 2.23. The third-order valence-electron chi connectivity index (χ3n) is 2.37. The van der Waals surface area contributed by atoms with Gasteiger partial charge in [-0.3, -0.25) is 0 Å². The number of methoxy groups -OCH3 is 1. The molecule has 4 heteroatoms. The van der Waals surface area contributed by atoms with Gasteiger partial charge in [0.05, 0.1) is 7.11 Å². The Bertz CT molecular complexity index is 388. The van der Waals surface area contributed by atoms with E-state index in [0.29, 0.717) is 6.61 Å². The number of benzene rings is 1. The molecule has 0 aliphatic heterocycles. The van der Waals surface area contributed by atoms with E-state index in [1.807, 2.05) is 26.0 Å². The highest BCUT2D eigenvalue weighted by atomic mass is 32.2. The summed E-state index contributed by atoms with van der Waals surface area (Å²) in [6, 6.07) is 3.94. The highest BCUT2D eigenvalue weighted by Gasteiger charge is 2.07. The molecule has 0 atom stereocenters. The van der Waals surface area contributed by atoms with Crippen LogP contribution in [0.3, 0.4) is 0 Å². The summed E-state index contributed by atoms with van der Waals surface area (Å²) < 4.78 is 10.3. The van der Waals surface area contributed by atoms with Crippen molar-refractivity contribution in [3.05, 3.63) is 28.8 Å². The van der Waals surface area contributed by atoms with Crippen LogP contribution >= 0.6 is 11.8 Å². The molecule has 0 saturated heterocycles. The molecule has 0 aliphatic carbocycles. The van der Waals surface area contributed by atoms with Gasteiger partial charge >= 0.3 is 5.30 Å². The number of carbonyl (C=O) groups excluding carboxylic acids is 1. The first-order valence-electron chi connectivity index (χ1n) is 4.93. The van der Waals surface area contributed by atoms with E-state index in [0.717, 1.165) is 34.2 Å². The monoisotopic (exact) mass is 240 g/mol. The Morgan fingerprint density at radius 1 is 1.31 bits per heavy atom. The van der Waals surface area contributed by atoms with Crippen molar-refractivity contribution in [3.8, 4) is 5.75 Å². The summed E-state index contributed by atoms with van der Waals surface area (Å²) in [5, 5.41) is -0.265. The minimum Gasteiger partial charge on any atom is -0.496 e. The average Bonchev–Trinajstić information content (AvgIpc) is 2.27. The van der Waals surface area contributed by atoms with E-state index >= 15 is 0 Å². The molecule has 1 aromatic carbocycles. The Morgan fingerprint density at radius 2 is 2.00 bits per heavy atom. The Morgan fingerprint density at radius 3 is 2.56 bits per heavy atom. The van der Waals surface area contributed by atoms with Crippen LogP contribution in [-0.4, -0.2) is 18.7 Å². The molecule has 0 amide bonds. The lowest BCUT2D eigenvalue weighted by atomic mass is 10.1. The maximum absolute atomic E-state index is 11.0. The number of rotatable bonds is 3. The van der Waals surface area contributed by atoms with Gasteiger partial charge in [0.15, 0.2) is 0 Å². The van der Waals surface area contributed by atoms with E-state index in [1.165, 1.54) is 0 Å². The molecule has 3 nitrogen and oxygen atoms in total. The summed E-state index contributed by atoms with van der Waals surface area (Å²) in [7, 11) is 1.63. The summed E-state index contributed by atoms with van der Waals surface area (Å²) in [5.74, 6) is 0.820. The number of thioether (sulfide) groups is 1. The third kappa shape index (κ3) is 3.17. The molecule has 0 bridgehead atoms. The van der Waals surface area contributed by atoms with Gasteiger partial charge in [-0.25, -0.2) is 4.79 Å². The molecule has 0 aliphatic rings. The van der Waals surface area contributed by atoms with Crippen LogP contribution in [0.5, 0.6) is 5.75 Å². The van der Waals surface area contributed by atoms with E-state index in [4.69, 9.17) is 9.47 Å². The number of hydrogen-bond donors (Lipinski definition) is 0. The zero-order valence-electron chi connectivity index (χ0n) is 9.99. The first kappa shape index (κ1) is 12.9. The van der Waals surface area contributed by atoms with Crippen LogP contribution in [0.4, 0.5) is 4.79 Å². The Kier molecular flexibility index (Phi) is 4.68. The van der Waals surface area contributed by atoms with Crippen molar-refractivity contribution >= 4 is 17.1 Å². The Balaban J connectivity index is 2.83. The zero-order chi connectivity index (χ0) is 12.1. The molecule has 0 fully saturated rings. The largest absolute Gasteiger partial charge is 0.496 e. The molecule has 0 radical (unpaired) electrons. The van der Waals surface area contributed by atoms with Crippen LogP contribution in [0.25, 0.3) is 0 Å². The first-order chi connectivity index (χ1) is 7.58. The zero-order valence-corrected chi connectivity index (χ0v) is 10.8. The van der Waals surface area contributed by atoms with Crippen molar-refractivity contribution in [2.45, 2.75) is 20.5 Å². The summed E-state index contributed by atoms with van der Waals surface area (Å²) in [4.78, 5) is 11.0. The van der Waals surface area contributed by atoms with Gasteiger partial charge in [-0.15, -0.1) is 0 Å². The van der Waals surface area contributed by atoms with Crippen molar-refractivity contribution in [3.63, 3.8) is 0 Å². The maximum Gasteiger partial charge on any atom is 0.367 e. The normalized spacial score (nSPS) is 10.0. The molecule has 0 heterocycles. The van der Waals surface area contributed by atoms with Crippen molar-refractivity contribution in [1.29, 1.82) is 0 Å². The van der Waals surface area contributed by atoms with Gasteiger partial charge in [-0.05, 0) is 54.6 Å². The summed E-state index contributed by atoms with van der Waals surface area (Å²) >= 11 is 1.07. The fourth-order valence-electron chi connectivity index (χ4n) is 1.45. The fourth-order valence-corrected chi connectivity index (χ4v) is 1.62. The minimum atomic E-state index is -0.265. The van der Waals surface area contributed by atoms with Crippen LogP contribution in [0.15, 0.2) is 12.1 Å². The van der Waals surface area contributed by atoms with Crippen molar-refractivity contribution < 1.29 is 14.3 Å². The van der Waals surface area contributed by atoms with E-state index in [-0.39, 0.29) is 5.30 Å². The smallest absolute Gasteiger partial charge is 0.367 e. The van der Waals surface area contributed by atoms with E-state index < -0.39 is 0 Å². The molecule has 0 saturated carbocycles. The average molecular weight is 240 g/mol. The van der Waals surface area contributed by atoms with Gasteiger partial charge in [-0.1, -0.05) is 6.07 Å². The topological polar surface area (TPSA) is 35.5 Å². The summed E-state index contributed by atoms with van der Waals surface area (Å²) in [5.41, 5.74) is 3.16. The molecule has 0 spiro atoms. The third-order valence-corrected chi connectivity index (χ3v) is 2.82. The van der Waals surface area contributed by atoms with Crippen molar-refractivity contribution in [2.24, 2.45) is 0 Å². The van der Waals surface area contributed by atoms with Crippen LogP contribution in [0, 0.1) is 13.8 Å². The van der Waals surface area contributed by atoms with Gasteiger partial charge in [0.25, 0.3) is 0 Å². The van der Waals surface area contributed by atoms with E-state index in [1.54, 1.807) is 13.4 Å². The lowest BCUT2D eigenvalue weighted by Crippen LogP contribution is -2.00. The molecule has 0 aromatic heterocycles. The molecule has 16 heavy (non-hydrogen) atoms. The second kappa shape index (κ2) is 5.80. The number of ether oxygens (including phenoxy) is 2. The second-order valence-electron chi connectivity index (χ2n) is 3.49. The van der Waals surface area contributed by atoms with Gasteiger partial charge in [0.1, 0.15) is 12.4 Å². The molecular formula is C12H16O3S. The van der Waals surface area contributed by atoms with Crippen LogP contribution in [0.1, 0.15) is 16.7 Å². The molecular weight excluding hydrogens is 224 g/mol. The van der Waals surface area contributed by atoms with Gasteiger partial charge < -0.3 is 9.47 Å². The van der Waals surface area contributed by atoms with E-state index in [2.05, 4.69) is 0 Å². The molecule has 1 rings (SSSR count). The summed E-state index contributed by atoms with van der Waals surface area (Å²) in [6.45, 7) is 4.28. The quantitative estimate of drug-likeness (QED) is 0.759. The highest BCUT2D eigenvalue weighted by molar-refractivity contribution is 8.12. The van der Waals surface area contributed by atoms with Crippen LogP contribution in [-0.2, 0) is 11.3 Å². The Labute approximate surface area is 100 Å². The molecule has 1 aromatic rings. The lowest BCUT2D eigenvalue weighted by molar-refractivity contribution is 0.168. The number of carbonyl (C=O) groups is 1. The maximum atomic E-state index is 11.0. The van der Waals surface area contributed by atoms with Gasteiger partial charge in [-0.2, -0.15) is 0 Å². The minimum absolute atomic E-state index is 0.265. The first-order valence-corrected chi connectivity index (χ1v) is 6.15. The predicted octanol–water partition coefficient (Wildman–Crippen LogP) is 3.31. The van der Waals surface area contributed by atoms with Gasteiger partial charge in [0.2, 0.25) is 0 Å². The van der Waals surface area contributed by atoms with Crippen molar-refractivity contribution in [2.75, 3.05) is 13.4 Å². The van der Waals surface area contributed by atoms with Crippen LogP contribution in [0.2, 0.25) is 0 Å². The Hall–Kier alpha value is -1.16. The predicted molar refractivity (Wildman–Crippen MR) is 66.2 cm³/mol. The second-order valence-corrected chi connectivity index (χ2v) is 4.23. The molecule has 0 N–H and O–H groups in total. The van der Waals surface area contributed by atoms with Crippen molar-refractivity contribution in [1.82, 2.24) is 0 Å². The molecule has 88 valence electrons. The number of hydrogen-bond acceptors (Lipinski definition) is 4. The standard InChI is InChI=1S/C12H16O3S/c1-8-5-9(2)11(14-3)6-10(8)7-15-12(13)16-4/h5-6H,7H2,1-4H3. The van der Waals surface area contributed by atoms with E-state index in [9.17, 15) is 4.79 Å². The lowest BCUT2D eigenvalue weighted by Gasteiger charge is -2.11. The SMILES string of the molecule is COc1cc(COC(=O)SC)c(C)cc1C. The molecule has 0 unspecified atom stereocenters.